The average Bonchev–Trinajstić information content (AvgIpc) is 2.94. The fourth-order valence-electron chi connectivity index (χ4n) is 2.41. The van der Waals surface area contributed by atoms with Crippen LogP contribution in [0.2, 0.25) is 0 Å². The second-order valence-corrected chi connectivity index (χ2v) is 8.92. The van der Waals surface area contributed by atoms with Gasteiger partial charge < -0.3 is 9.47 Å². The Morgan fingerprint density at radius 3 is 2.46 bits per heavy atom. The van der Waals surface area contributed by atoms with Crippen LogP contribution >= 0.6 is 55.8 Å². The molecular weight excluding hydrogens is 530 g/mol. The molecule has 0 atom stereocenters. The number of carbonyl (C=O) groups is 2. The van der Waals surface area contributed by atoms with Crippen LogP contribution < -0.4 is 9.64 Å². The number of hydrogen-bond acceptors (Lipinski definition) is 6. The van der Waals surface area contributed by atoms with Crippen molar-refractivity contribution in [2.24, 2.45) is 0 Å². The van der Waals surface area contributed by atoms with Gasteiger partial charge in [-0.15, -0.1) is 0 Å². The van der Waals surface area contributed by atoms with Crippen molar-refractivity contribution in [2.75, 3.05) is 18.6 Å². The SMILES string of the molecule is COC(=O)COc1c(Br)cc(/C=C2/SC(=S)N(c3ccccc3)C2=O)cc1Br. The summed E-state index contributed by atoms with van der Waals surface area (Å²) in [7, 11) is 1.30. The van der Waals surface area contributed by atoms with Crippen molar-refractivity contribution in [3.8, 4) is 5.75 Å². The monoisotopic (exact) mass is 541 g/mol. The predicted molar refractivity (Wildman–Crippen MR) is 121 cm³/mol. The zero-order valence-corrected chi connectivity index (χ0v) is 19.3. The van der Waals surface area contributed by atoms with Crippen molar-refractivity contribution < 1.29 is 19.1 Å². The fourth-order valence-corrected chi connectivity index (χ4v) is 5.16. The first-order valence-corrected chi connectivity index (χ1v) is 10.7. The molecule has 2 aromatic rings. The molecule has 1 amide bonds. The van der Waals surface area contributed by atoms with Crippen LogP contribution in [0.4, 0.5) is 5.69 Å². The van der Waals surface area contributed by atoms with Gasteiger partial charge in [-0.1, -0.05) is 42.2 Å². The summed E-state index contributed by atoms with van der Waals surface area (Å²) in [6.07, 6.45) is 1.77. The molecule has 1 aliphatic heterocycles. The molecule has 0 aromatic heterocycles. The number of ether oxygens (including phenoxy) is 2. The Kier molecular flexibility index (Phi) is 6.92. The number of para-hydroxylation sites is 1. The molecule has 0 saturated carbocycles. The standard InChI is InChI=1S/C19H13Br2NO4S2/c1-25-16(23)10-26-17-13(20)7-11(8-14(17)21)9-15-18(24)22(19(27)28-15)12-5-3-2-4-6-12/h2-9H,10H2,1H3/b15-9+. The number of methoxy groups -OCH3 is 1. The summed E-state index contributed by atoms with van der Waals surface area (Å²) in [5, 5.41) is 0. The second-order valence-electron chi connectivity index (χ2n) is 5.53. The van der Waals surface area contributed by atoms with Crippen LogP contribution in [-0.4, -0.2) is 29.9 Å². The minimum atomic E-state index is -0.479. The van der Waals surface area contributed by atoms with Crippen LogP contribution in [-0.2, 0) is 14.3 Å². The molecule has 1 saturated heterocycles. The Morgan fingerprint density at radius 2 is 1.86 bits per heavy atom. The minimum absolute atomic E-state index is 0.167. The van der Waals surface area contributed by atoms with Gasteiger partial charge in [0.15, 0.2) is 10.9 Å². The lowest BCUT2D eigenvalue weighted by molar-refractivity contribution is -0.142. The number of nitrogens with zero attached hydrogens (tertiary/aromatic N) is 1. The van der Waals surface area contributed by atoms with E-state index >= 15 is 0 Å². The van der Waals surface area contributed by atoms with Crippen molar-refractivity contribution in [3.63, 3.8) is 0 Å². The second kappa shape index (κ2) is 9.21. The van der Waals surface area contributed by atoms with E-state index in [0.717, 1.165) is 11.3 Å². The largest absolute Gasteiger partial charge is 0.480 e. The number of benzene rings is 2. The number of hydrogen-bond donors (Lipinski definition) is 0. The maximum absolute atomic E-state index is 12.8. The molecule has 1 fully saturated rings. The van der Waals surface area contributed by atoms with E-state index in [4.69, 9.17) is 17.0 Å². The molecule has 2 aromatic carbocycles. The molecule has 0 unspecified atom stereocenters. The fraction of sp³-hybridized carbons (Fsp3) is 0.105. The first kappa shape index (κ1) is 21.0. The third kappa shape index (κ3) is 4.65. The molecule has 5 nitrogen and oxygen atoms in total. The van der Waals surface area contributed by atoms with E-state index in [-0.39, 0.29) is 12.5 Å². The summed E-state index contributed by atoms with van der Waals surface area (Å²) in [6, 6.07) is 12.9. The van der Waals surface area contributed by atoms with Gasteiger partial charge in [-0.3, -0.25) is 9.69 Å². The van der Waals surface area contributed by atoms with E-state index in [0.29, 0.717) is 23.9 Å². The zero-order chi connectivity index (χ0) is 20.3. The van der Waals surface area contributed by atoms with E-state index in [2.05, 4.69) is 36.6 Å². The highest BCUT2D eigenvalue weighted by Gasteiger charge is 2.33. The molecule has 3 rings (SSSR count). The maximum atomic E-state index is 12.8. The van der Waals surface area contributed by atoms with Crippen LogP contribution in [0, 0.1) is 0 Å². The lowest BCUT2D eigenvalue weighted by Gasteiger charge is -2.13. The summed E-state index contributed by atoms with van der Waals surface area (Å²) in [5.74, 6) is -0.175. The van der Waals surface area contributed by atoms with Gasteiger partial charge in [0.05, 0.1) is 26.6 Å². The van der Waals surface area contributed by atoms with Crippen molar-refractivity contribution in [3.05, 3.63) is 61.9 Å². The first-order chi connectivity index (χ1) is 13.4. The first-order valence-electron chi connectivity index (χ1n) is 7.92. The summed E-state index contributed by atoms with van der Waals surface area (Å²) in [5.41, 5.74) is 1.51. The molecule has 0 spiro atoms. The number of amides is 1. The van der Waals surface area contributed by atoms with Crippen molar-refractivity contribution in [1.82, 2.24) is 0 Å². The Hall–Kier alpha value is -1.68. The summed E-state index contributed by atoms with van der Waals surface area (Å²) in [4.78, 5) is 26.1. The van der Waals surface area contributed by atoms with Crippen LogP contribution in [0.3, 0.4) is 0 Å². The van der Waals surface area contributed by atoms with Gasteiger partial charge in [0.25, 0.3) is 5.91 Å². The quantitative estimate of drug-likeness (QED) is 0.295. The number of anilines is 1. The van der Waals surface area contributed by atoms with Crippen molar-refractivity contribution in [2.45, 2.75) is 0 Å². The van der Waals surface area contributed by atoms with Gasteiger partial charge in [-0.05, 0) is 67.8 Å². The van der Waals surface area contributed by atoms with Gasteiger partial charge in [-0.2, -0.15) is 0 Å². The lowest BCUT2D eigenvalue weighted by atomic mass is 10.2. The number of thiocarbonyl (C=S) groups is 1. The Labute approximate surface area is 188 Å². The number of thioether (sulfide) groups is 1. The van der Waals surface area contributed by atoms with Gasteiger partial charge in [0, 0.05) is 0 Å². The van der Waals surface area contributed by atoms with E-state index in [1.54, 1.807) is 18.2 Å². The molecule has 0 N–H and O–H groups in total. The highest BCUT2D eigenvalue weighted by Crippen LogP contribution is 2.39. The maximum Gasteiger partial charge on any atom is 0.343 e. The number of esters is 1. The molecule has 0 radical (unpaired) electrons. The van der Waals surface area contributed by atoms with Crippen molar-refractivity contribution >= 4 is 83.8 Å². The summed E-state index contributed by atoms with van der Waals surface area (Å²) >= 11 is 13.5. The smallest absolute Gasteiger partial charge is 0.343 e. The van der Waals surface area contributed by atoms with E-state index in [1.807, 2.05) is 30.3 Å². The van der Waals surface area contributed by atoms with Crippen LogP contribution in [0.25, 0.3) is 6.08 Å². The van der Waals surface area contributed by atoms with Crippen LogP contribution in [0.5, 0.6) is 5.75 Å². The molecule has 0 aliphatic carbocycles. The number of halogens is 2. The number of carbonyl (C=O) groups excluding carboxylic acids is 2. The molecule has 0 bridgehead atoms. The minimum Gasteiger partial charge on any atom is -0.480 e. The Bertz CT molecular complexity index is 956. The Morgan fingerprint density at radius 1 is 1.21 bits per heavy atom. The Balaban J connectivity index is 1.85. The average molecular weight is 543 g/mol. The zero-order valence-electron chi connectivity index (χ0n) is 14.5. The third-order valence-corrected chi connectivity index (χ3v) is 6.17. The number of rotatable bonds is 5. The molecule has 28 heavy (non-hydrogen) atoms. The van der Waals surface area contributed by atoms with E-state index in [1.165, 1.54) is 23.8 Å². The lowest BCUT2D eigenvalue weighted by Crippen LogP contribution is -2.27. The highest BCUT2D eigenvalue weighted by atomic mass is 79.9. The van der Waals surface area contributed by atoms with Gasteiger partial charge in [0.2, 0.25) is 0 Å². The molecule has 9 heteroatoms. The van der Waals surface area contributed by atoms with Crippen molar-refractivity contribution in [1.29, 1.82) is 0 Å². The summed E-state index contributed by atoms with van der Waals surface area (Å²) < 4.78 is 11.8. The molecule has 144 valence electrons. The van der Waals surface area contributed by atoms with Crippen LogP contribution in [0.15, 0.2) is 56.3 Å². The molecule has 1 heterocycles. The van der Waals surface area contributed by atoms with Gasteiger partial charge in [-0.25, -0.2) is 4.79 Å². The predicted octanol–water partition coefficient (Wildman–Crippen LogP) is 5.17. The van der Waals surface area contributed by atoms with E-state index in [9.17, 15) is 9.59 Å². The van der Waals surface area contributed by atoms with Gasteiger partial charge >= 0.3 is 5.97 Å². The topological polar surface area (TPSA) is 55.8 Å². The summed E-state index contributed by atoms with van der Waals surface area (Å²) in [6.45, 7) is -0.206. The molecule has 1 aliphatic rings. The van der Waals surface area contributed by atoms with E-state index < -0.39 is 5.97 Å². The third-order valence-electron chi connectivity index (χ3n) is 3.69. The molecular formula is C19H13Br2NO4S2. The normalized spacial score (nSPS) is 15.2. The van der Waals surface area contributed by atoms with Crippen LogP contribution in [0.1, 0.15) is 5.56 Å². The van der Waals surface area contributed by atoms with Gasteiger partial charge in [0.1, 0.15) is 5.75 Å². The highest BCUT2D eigenvalue weighted by molar-refractivity contribution is 9.11.